The fraction of sp³-hybridized carbons (Fsp3) is 0.375. The summed E-state index contributed by atoms with van der Waals surface area (Å²) >= 11 is 5.05. The molecule has 2 aliphatic heterocycles. The van der Waals surface area contributed by atoms with Crippen LogP contribution in [0.25, 0.3) is 0 Å². The van der Waals surface area contributed by atoms with E-state index in [0.717, 1.165) is 11.8 Å². The Bertz CT molecular complexity index is 968. The smallest absolute Gasteiger partial charge is 0.352 e. The minimum absolute atomic E-state index is 0.0438. The van der Waals surface area contributed by atoms with Gasteiger partial charge >= 0.3 is 8.17 Å². The predicted octanol–water partition coefficient (Wildman–Crippen LogP) is 3.02. The lowest BCUT2D eigenvalue weighted by molar-refractivity contribution is -0.0297. The zero-order valence-corrected chi connectivity index (χ0v) is 15.7. The summed E-state index contributed by atoms with van der Waals surface area (Å²) in [6.07, 6.45) is 1.29. The molecule has 1 fully saturated rings. The molecule has 27 heavy (non-hydrogen) atoms. The molecule has 3 atom stereocenters. The van der Waals surface area contributed by atoms with E-state index in [4.69, 9.17) is 30.5 Å². The molecule has 0 aliphatic carbocycles. The number of rotatable bonds is 4. The van der Waals surface area contributed by atoms with Crippen LogP contribution in [0.1, 0.15) is 24.6 Å². The first-order valence-corrected chi connectivity index (χ1v) is 10.2. The van der Waals surface area contributed by atoms with Gasteiger partial charge in [0.05, 0.1) is 12.3 Å². The van der Waals surface area contributed by atoms with Gasteiger partial charge in [0.2, 0.25) is 5.82 Å². The van der Waals surface area contributed by atoms with Crippen LogP contribution in [-0.4, -0.2) is 27.2 Å². The zero-order chi connectivity index (χ0) is 19.0. The molecule has 3 heterocycles. The molecule has 8 nitrogen and oxygen atoms in total. The van der Waals surface area contributed by atoms with Crippen molar-refractivity contribution in [2.75, 3.05) is 6.61 Å². The van der Waals surface area contributed by atoms with Crippen molar-refractivity contribution >= 4 is 20.4 Å². The van der Waals surface area contributed by atoms with Gasteiger partial charge in [-0.2, -0.15) is 9.28 Å². The summed E-state index contributed by atoms with van der Waals surface area (Å²) in [6, 6.07) is 7.23. The molecule has 0 amide bonds. The van der Waals surface area contributed by atoms with Gasteiger partial charge in [-0.3, -0.25) is 18.9 Å². The molecular weight excluding hydrogens is 398 g/mol. The summed E-state index contributed by atoms with van der Waals surface area (Å²) in [6.45, 7) is 0.239. The van der Waals surface area contributed by atoms with Crippen LogP contribution >= 0.6 is 20.4 Å². The Morgan fingerprint density at radius 2 is 2.22 bits per heavy atom. The van der Waals surface area contributed by atoms with E-state index in [0.29, 0.717) is 18.6 Å². The lowest BCUT2D eigenvalue weighted by atomic mass is 10.2. The second kappa shape index (κ2) is 7.38. The molecule has 0 radical (unpaired) electrons. The third-order valence-corrected chi connectivity index (χ3v) is 5.98. The molecule has 1 aromatic carbocycles. The van der Waals surface area contributed by atoms with Crippen LogP contribution in [0.5, 0.6) is 5.75 Å². The van der Waals surface area contributed by atoms with Gasteiger partial charge in [-0.15, -0.1) is 9.05 Å². The van der Waals surface area contributed by atoms with E-state index < -0.39 is 25.8 Å². The van der Waals surface area contributed by atoms with Crippen LogP contribution in [-0.2, 0) is 20.4 Å². The van der Waals surface area contributed by atoms with Gasteiger partial charge in [0.25, 0.3) is 5.56 Å². The van der Waals surface area contributed by atoms with Gasteiger partial charge in [-0.1, -0.05) is 18.2 Å². The molecule has 2 N–H and O–H groups in total. The van der Waals surface area contributed by atoms with E-state index >= 15 is 0 Å². The number of para-hydroxylation sites is 1. The van der Waals surface area contributed by atoms with Gasteiger partial charge in [0, 0.05) is 5.56 Å². The van der Waals surface area contributed by atoms with Gasteiger partial charge < -0.3 is 4.74 Å². The highest BCUT2D eigenvalue weighted by Gasteiger charge is 2.51. The Hall–Kier alpha value is -1.68. The number of benzene rings is 1. The molecule has 1 saturated heterocycles. The summed E-state index contributed by atoms with van der Waals surface area (Å²) < 4.78 is 37.1. The van der Waals surface area contributed by atoms with E-state index in [9.17, 15) is 14.1 Å². The van der Waals surface area contributed by atoms with Crippen molar-refractivity contribution in [3.8, 4) is 5.75 Å². The van der Waals surface area contributed by atoms with Crippen LogP contribution in [0.2, 0.25) is 0 Å². The fourth-order valence-electron chi connectivity index (χ4n) is 2.94. The first-order chi connectivity index (χ1) is 12.9. The highest BCUT2D eigenvalue weighted by atomic mass is 32.1. The Balaban J connectivity index is 1.38. The van der Waals surface area contributed by atoms with Crippen molar-refractivity contribution in [2.45, 2.75) is 31.8 Å². The van der Waals surface area contributed by atoms with E-state index in [2.05, 4.69) is 4.98 Å². The molecule has 0 spiro atoms. The van der Waals surface area contributed by atoms with Crippen molar-refractivity contribution in [3.05, 3.63) is 57.0 Å². The quantitative estimate of drug-likeness (QED) is 0.586. The van der Waals surface area contributed by atoms with Crippen molar-refractivity contribution in [1.82, 2.24) is 9.55 Å². The van der Waals surface area contributed by atoms with E-state index in [1.807, 2.05) is 12.1 Å². The molecule has 0 saturated carbocycles. The van der Waals surface area contributed by atoms with E-state index in [1.54, 1.807) is 12.1 Å². The van der Waals surface area contributed by atoms with Crippen molar-refractivity contribution < 1.29 is 27.6 Å². The average Bonchev–Trinajstić information content (AvgIpc) is 3.12. The molecule has 4 rings (SSSR count). The second-order valence-corrected chi connectivity index (χ2v) is 8.19. The summed E-state index contributed by atoms with van der Waals surface area (Å²) in [5.74, 6) is -0.408. The maximum atomic E-state index is 13.5. The number of halogens is 1. The Morgan fingerprint density at radius 1 is 1.41 bits per heavy atom. The standard InChI is InChI=1S/C16H16FN2O6PS/c17-12-7-19(16(27)18-15(12)20)14-6-5-11(24-14)9-23-26(21)22-8-10-3-1-2-4-13(10)25-26/h1-4,7,11,14,21H,5-6,8-9H2/p+1. The number of nitrogens with one attached hydrogen (secondary N) is 1. The number of fused-ring (bicyclic) bond motifs is 1. The first-order valence-electron chi connectivity index (χ1n) is 8.28. The number of aromatic nitrogens is 2. The van der Waals surface area contributed by atoms with E-state index in [-0.39, 0.29) is 24.1 Å². The van der Waals surface area contributed by atoms with Crippen molar-refractivity contribution in [1.29, 1.82) is 0 Å². The Kier molecular flexibility index (Phi) is 5.11. The molecule has 2 aromatic rings. The molecule has 1 aromatic heterocycles. The second-order valence-electron chi connectivity index (χ2n) is 6.17. The maximum Gasteiger partial charge on any atom is 0.619 e. The van der Waals surface area contributed by atoms with Gasteiger partial charge in [0.1, 0.15) is 19.4 Å². The van der Waals surface area contributed by atoms with Gasteiger partial charge in [-0.25, -0.2) is 0 Å². The number of hydrogen-bond donors (Lipinski definition) is 2. The van der Waals surface area contributed by atoms with Crippen LogP contribution < -0.4 is 10.1 Å². The fourth-order valence-corrected chi connectivity index (χ4v) is 4.47. The topological polar surface area (TPSA) is 94.9 Å². The number of hydrogen-bond acceptors (Lipinski definition) is 7. The predicted molar refractivity (Wildman–Crippen MR) is 95.9 cm³/mol. The monoisotopic (exact) mass is 415 g/mol. The molecule has 3 unspecified atom stereocenters. The Labute approximate surface area is 159 Å². The van der Waals surface area contributed by atoms with Crippen LogP contribution in [0.3, 0.4) is 0 Å². The highest BCUT2D eigenvalue weighted by molar-refractivity contribution is 7.71. The SMILES string of the molecule is O=c1[nH]c(=S)n(C2CCC(CO[P+]3(O)OCc4ccccc4O3)O2)cc1F. The van der Waals surface area contributed by atoms with Crippen molar-refractivity contribution in [3.63, 3.8) is 0 Å². The normalized spacial score (nSPS) is 27.2. The number of aromatic amines is 1. The number of nitrogens with zero attached hydrogens (tertiary/aromatic N) is 1. The average molecular weight is 415 g/mol. The maximum absolute atomic E-state index is 13.5. The third kappa shape index (κ3) is 3.96. The summed E-state index contributed by atoms with van der Waals surface area (Å²) in [5, 5.41) is 0. The minimum atomic E-state index is -3.48. The highest BCUT2D eigenvalue weighted by Crippen LogP contribution is 2.61. The van der Waals surface area contributed by atoms with Crippen LogP contribution in [0.15, 0.2) is 35.3 Å². The van der Waals surface area contributed by atoms with Crippen molar-refractivity contribution in [2.24, 2.45) is 0 Å². The molecule has 0 bridgehead atoms. The van der Waals surface area contributed by atoms with Crippen LogP contribution in [0.4, 0.5) is 4.39 Å². The summed E-state index contributed by atoms with van der Waals surface area (Å²) in [5.41, 5.74) is -0.0366. The molecule has 11 heteroatoms. The molecule has 144 valence electrons. The lowest BCUT2D eigenvalue weighted by Crippen LogP contribution is -2.23. The third-order valence-electron chi connectivity index (χ3n) is 4.31. The van der Waals surface area contributed by atoms with Gasteiger partial charge in [0.15, 0.2) is 10.5 Å². The van der Waals surface area contributed by atoms with Crippen LogP contribution in [0, 0.1) is 10.6 Å². The molecule has 2 aliphatic rings. The minimum Gasteiger partial charge on any atom is -0.352 e. The lowest BCUT2D eigenvalue weighted by Gasteiger charge is -2.22. The zero-order valence-electron chi connectivity index (χ0n) is 14.0. The van der Waals surface area contributed by atoms with Gasteiger partial charge in [-0.05, 0) is 31.1 Å². The largest absolute Gasteiger partial charge is 0.619 e. The first kappa shape index (κ1) is 18.7. The number of H-pyrrole nitrogens is 1. The summed E-state index contributed by atoms with van der Waals surface area (Å²) in [7, 11) is -3.48. The molecular formula is C16H17FN2O6PS+. The number of ether oxygens (including phenoxy) is 1. The summed E-state index contributed by atoms with van der Waals surface area (Å²) in [4.78, 5) is 24.0. The van der Waals surface area contributed by atoms with E-state index in [1.165, 1.54) is 4.57 Å². The Morgan fingerprint density at radius 3 is 3.07 bits per heavy atom.